The maximum Gasteiger partial charge on any atom is 0.269 e. The van der Waals surface area contributed by atoms with E-state index in [1.54, 1.807) is 12.1 Å². The minimum absolute atomic E-state index is 0.174. The lowest BCUT2D eigenvalue weighted by Crippen LogP contribution is -2.39. The van der Waals surface area contributed by atoms with Crippen LogP contribution in [0.1, 0.15) is 31.2 Å². The number of nitrogens with one attached hydrogen (secondary N) is 1. The van der Waals surface area contributed by atoms with Gasteiger partial charge in [0.15, 0.2) is 0 Å². The fourth-order valence-corrected chi connectivity index (χ4v) is 3.12. The molecule has 0 aromatic heterocycles. The average molecular weight is 289 g/mol. The van der Waals surface area contributed by atoms with Crippen molar-refractivity contribution in [1.29, 1.82) is 0 Å². The molecule has 21 heavy (non-hydrogen) atoms. The molecule has 0 bridgehead atoms. The highest BCUT2D eigenvalue weighted by Crippen LogP contribution is 2.28. The van der Waals surface area contributed by atoms with E-state index in [9.17, 15) is 10.1 Å². The van der Waals surface area contributed by atoms with Crippen molar-refractivity contribution in [2.24, 2.45) is 0 Å². The van der Waals surface area contributed by atoms with E-state index in [-0.39, 0.29) is 10.6 Å². The summed E-state index contributed by atoms with van der Waals surface area (Å²) in [5.41, 5.74) is 1.36. The monoisotopic (exact) mass is 289 g/mol. The number of nitro groups is 1. The van der Waals surface area contributed by atoms with E-state index in [1.807, 2.05) is 12.1 Å². The zero-order chi connectivity index (χ0) is 14.7. The van der Waals surface area contributed by atoms with Crippen LogP contribution in [-0.4, -0.2) is 41.5 Å². The maximum absolute atomic E-state index is 10.7. The van der Waals surface area contributed by atoms with Crippen LogP contribution in [0, 0.1) is 10.1 Å². The van der Waals surface area contributed by atoms with E-state index in [0.717, 1.165) is 32.1 Å². The smallest absolute Gasteiger partial charge is 0.269 e. The van der Waals surface area contributed by atoms with Crippen LogP contribution >= 0.6 is 0 Å². The van der Waals surface area contributed by atoms with Crippen LogP contribution in [0.5, 0.6) is 0 Å². The highest BCUT2D eigenvalue weighted by Gasteiger charge is 2.30. The minimum Gasteiger partial charge on any atom is -0.313 e. The number of hydrogen-bond donors (Lipinski definition) is 1. The zero-order valence-corrected chi connectivity index (χ0v) is 12.3. The third-order valence-corrected chi connectivity index (χ3v) is 4.52. The fraction of sp³-hybridized carbons (Fsp3) is 0.625. The van der Waals surface area contributed by atoms with Crippen molar-refractivity contribution in [3.63, 3.8) is 0 Å². The Balaban J connectivity index is 1.52. The van der Waals surface area contributed by atoms with E-state index in [2.05, 4.69) is 10.2 Å². The van der Waals surface area contributed by atoms with Gasteiger partial charge in [0.25, 0.3) is 5.69 Å². The molecule has 0 radical (unpaired) electrons. The van der Waals surface area contributed by atoms with Gasteiger partial charge in [-0.25, -0.2) is 0 Å². The molecule has 5 heteroatoms. The number of nitro benzene ring substituents is 1. The van der Waals surface area contributed by atoms with Crippen LogP contribution in [0.3, 0.4) is 0 Å². The Kier molecular flexibility index (Phi) is 4.51. The van der Waals surface area contributed by atoms with Gasteiger partial charge in [-0.15, -0.1) is 0 Å². The topological polar surface area (TPSA) is 58.4 Å². The predicted octanol–water partition coefficient (Wildman–Crippen LogP) is 2.35. The number of hydrogen-bond acceptors (Lipinski definition) is 4. The minimum atomic E-state index is -0.341. The summed E-state index contributed by atoms with van der Waals surface area (Å²) in [5, 5.41) is 14.2. The van der Waals surface area contributed by atoms with Crippen molar-refractivity contribution in [2.75, 3.05) is 19.6 Å². The zero-order valence-electron chi connectivity index (χ0n) is 12.3. The molecule has 0 amide bonds. The molecule has 3 rings (SSSR count). The van der Waals surface area contributed by atoms with Crippen LogP contribution in [0.25, 0.3) is 0 Å². The highest BCUT2D eigenvalue weighted by molar-refractivity contribution is 5.32. The molecule has 2 fully saturated rings. The number of benzene rings is 1. The van der Waals surface area contributed by atoms with Gasteiger partial charge in [-0.05, 0) is 44.2 Å². The van der Waals surface area contributed by atoms with Crippen molar-refractivity contribution in [1.82, 2.24) is 10.2 Å². The Morgan fingerprint density at radius 2 is 2.00 bits per heavy atom. The molecule has 1 atom stereocenters. The summed E-state index contributed by atoms with van der Waals surface area (Å²) in [6.07, 6.45) is 6.22. The van der Waals surface area contributed by atoms with Crippen molar-refractivity contribution in [2.45, 2.75) is 44.2 Å². The van der Waals surface area contributed by atoms with E-state index < -0.39 is 0 Å². The third-order valence-electron chi connectivity index (χ3n) is 4.52. The summed E-state index contributed by atoms with van der Waals surface area (Å²) in [5.74, 6) is 0. The maximum atomic E-state index is 10.7. The van der Waals surface area contributed by atoms with Gasteiger partial charge in [0.1, 0.15) is 0 Å². The van der Waals surface area contributed by atoms with Crippen LogP contribution in [-0.2, 0) is 6.42 Å². The quantitative estimate of drug-likeness (QED) is 0.618. The van der Waals surface area contributed by atoms with E-state index in [4.69, 9.17) is 0 Å². The largest absolute Gasteiger partial charge is 0.313 e. The molecule has 2 aliphatic rings. The number of rotatable bonds is 7. The van der Waals surface area contributed by atoms with Crippen molar-refractivity contribution >= 4 is 5.69 Å². The molecule has 1 unspecified atom stereocenters. The summed E-state index contributed by atoms with van der Waals surface area (Å²) in [4.78, 5) is 12.9. The molecule has 1 aliphatic heterocycles. The molecule has 1 aromatic carbocycles. The molecule has 1 aliphatic carbocycles. The van der Waals surface area contributed by atoms with Crippen molar-refractivity contribution < 1.29 is 4.92 Å². The van der Waals surface area contributed by atoms with E-state index in [0.29, 0.717) is 6.04 Å². The van der Waals surface area contributed by atoms with E-state index in [1.165, 1.54) is 31.2 Å². The standard InChI is InChI=1S/C16H23N3O2/c20-19(21)16-5-3-13(4-6-16)9-11-18(15-7-8-15)12-14-2-1-10-17-14/h3-6,14-15,17H,1-2,7-12H2. The second-order valence-corrected chi connectivity index (χ2v) is 6.19. The SMILES string of the molecule is O=[N+]([O-])c1ccc(CCN(CC2CCCN2)C2CC2)cc1. The molecule has 1 heterocycles. The highest BCUT2D eigenvalue weighted by atomic mass is 16.6. The van der Waals surface area contributed by atoms with Gasteiger partial charge in [0, 0.05) is 37.3 Å². The van der Waals surface area contributed by atoms with Crippen LogP contribution in [0.4, 0.5) is 5.69 Å². The van der Waals surface area contributed by atoms with Gasteiger partial charge in [-0.3, -0.25) is 15.0 Å². The number of nitrogens with zero attached hydrogens (tertiary/aromatic N) is 2. The predicted molar refractivity (Wildman–Crippen MR) is 82.4 cm³/mol. The Labute approximate surface area is 125 Å². The van der Waals surface area contributed by atoms with Gasteiger partial charge in [0.2, 0.25) is 0 Å². The van der Waals surface area contributed by atoms with Gasteiger partial charge in [0.05, 0.1) is 4.92 Å². The molecule has 1 saturated heterocycles. The second kappa shape index (κ2) is 6.54. The average Bonchev–Trinajstić information content (AvgIpc) is 3.21. The summed E-state index contributed by atoms with van der Waals surface area (Å²) in [7, 11) is 0. The Morgan fingerprint density at radius 3 is 2.57 bits per heavy atom. The van der Waals surface area contributed by atoms with Gasteiger partial charge >= 0.3 is 0 Å². The Morgan fingerprint density at radius 1 is 1.24 bits per heavy atom. The second-order valence-electron chi connectivity index (χ2n) is 6.19. The Hall–Kier alpha value is -1.46. The summed E-state index contributed by atoms with van der Waals surface area (Å²) in [6, 6.07) is 8.41. The number of non-ortho nitro benzene ring substituents is 1. The molecular formula is C16H23N3O2. The lowest BCUT2D eigenvalue weighted by Gasteiger charge is -2.25. The summed E-state index contributed by atoms with van der Waals surface area (Å²) < 4.78 is 0. The van der Waals surface area contributed by atoms with Crippen LogP contribution in [0.2, 0.25) is 0 Å². The summed E-state index contributed by atoms with van der Waals surface area (Å²) in [6.45, 7) is 3.36. The first-order chi connectivity index (χ1) is 10.2. The van der Waals surface area contributed by atoms with Crippen LogP contribution in [0.15, 0.2) is 24.3 Å². The van der Waals surface area contributed by atoms with Gasteiger partial charge in [-0.2, -0.15) is 0 Å². The lowest BCUT2D eigenvalue weighted by atomic mass is 10.1. The van der Waals surface area contributed by atoms with Gasteiger partial charge in [-0.1, -0.05) is 12.1 Å². The molecule has 114 valence electrons. The molecule has 1 saturated carbocycles. The molecule has 1 aromatic rings. The molecule has 1 N–H and O–H groups in total. The first kappa shape index (κ1) is 14.5. The first-order valence-electron chi connectivity index (χ1n) is 7.93. The normalized spacial score (nSPS) is 21.9. The van der Waals surface area contributed by atoms with E-state index >= 15 is 0 Å². The molecule has 0 spiro atoms. The fourth-order valence-electron chi connectivity index (χ4n) is 3.12. The first-order valence-corrected chi connectivity index (χ1v) is 7.93. The van der Waals surface area contributed by atoms with Crippen molar-refractivity contribution in [3.05, 3.63) is 39.9 Å². The van der Waals surface area contributed by atoms with Crippen LogP contribution < -0.4 is 5.32 Å². The Bertz CT molecular complexity index is 479. The van der Waals surface area contributed by atoms with Gasteiger partial charge < -0.3 is 5.32 Å². The third kappa shape index (κ3) is 4.02. The summed E-state index contributed by atoms with van der Waals surface area (Å²) >= 11 is 0. The molecule has 5 nitrogen and oxygen atoms in total. The molecular weight excluding hydrogens is 266 g/mol. The van der Waals surface area contributed by atoms with Crippen molar-refractivity contribution in [3.8, 4) is 0 Å². The lowest BCUT2D eigenvalue weighted by molar-refractivity contribution is -0.384.